The molecule has 4 heteroatoms. The molecule has 0 unspecified atom stereocenters. The summed E-state index contributed by atoms with van der Waals surface area (Å²) < 4.78 is 37.1. The highest BCUT2D eigenvalue weighted by Gasteiger charge is 2.09. The van der Waals surface area contributed by atoms with Crippen LogP contribution >= 0.6 is 0 Å². The van der Waals surface area contributed by atoms with Crippen LogP contribution in [0.2, 0.25) is 0 Å². The normalized spacial score (nSPS) is 10.8. The lowest BCUT2D eigenvalue weighted by Gasteiger charge is -2.04. The predicted molar refractivity (Wildman–Crippen MR) is 42.1 cm³/mol. The fourth-order valence-corrected chi connectivity index (χ4v) is 1.04. The van der Waals surface area contributed by atoms with Gasteiger partial charge in [-0.1, -0.05) is 6.07 Å². The Bertz CT molecular complexity index is 286. The zero-order valence-corrected chi connectivity index (χ0v) is 6.80. The van der Waals surface area contributed by atoms with E-state index in [1.807, 2.05) is 0 Å². The van der Waals surface area contributed by atoms with Gasteiger partial charge in [-0.15, -0.1) is 0 Å². The van der Waals surface area contributed by atoms with Crippen LogP contribution in [0.25, 0.3) is 0 Å². The van der Waals surface area contributed by atoms with E-state index < -0.39 is 12.2 Å². The maximum atomic E-state index is 12.9. The first-order valence-electron chi connectivity index (χ1n) is 3.82. The Morgan fingerprint density at radius 2 is 2.00 bits per heavy atom. The molecule has 1 aromatic rings. The van der Waals surface area contributed by atoms with Crippen molar-refractivity contribution in [1.82, 2.24) is 0 Å². The molecule has 1 rings (SSSR count). The highest BCUT2D eigenvalue weighted by molar-refractivity contribution is 5.26. The molecule has 0 saturated carbocycles. The Kier molecular flexibility index (Phi) is 3.31. The number of hydrogen-bond acceptors (Lipinski definition) is 1. The van der Waals surface area contributed by atoms with Crippen LogP contribution in [0.5, 0.6) is 0 Å². The summed E-state index contributed by atoms with van der Waals surface area (Å²) in [5.41, 5.74) is -0.0925. The van der Waals surface area contributed by atoms with E-state index in [9.17, 15) is 13.2 Å². The summed E-state index contributed by atoms with van der Waals surface area (Å²) in [4.78, 5) is 0. The molecule has 0 atom stereocenters. The second-order valence-electron chi connectivity index (χ2n) is 2.63. The van der Waals surface area contributed by atoms with Gasteiger partial charge in [-0.2, -0.15) is 0 Å². The van der Waals surface area contributed by atoms with Crippen molar-refractivity contribution >= 4 is 0 Å². The Balaban J connectivity index is 2.97. The SMILES string of the molecule is OCCc1cc(C(F)F)ccc1F. The van der Waals surface area contributed by atoms with E-state index in [1.54, 1.807) is 0 Å². The average molecular weight is 190 g/mol. The smallest absolute Gasteiger partial charge is 0.263 e. The molecule has 0 aliphatic heterocycles. The second-order valence-corrected chi connectivity index (χ2v) is 2.63. The minimum Gasteiger partial charge on any atom is -0.396 e. The molecule has 0 fully saturated rings. The van der Waals surface area contributed by atoms with Crippen molar-refractivity contribution < 1.29 is 18.3 Å². The maximum absolute atomic E-state index is 12.9. The van der Waals surface area contributed by atoms with Gasteiger partial charge in [0.1, 0.15) is 5.82 Å². The molecule has 0 spiro atoms. The largest absolute Gasteiger partial charge is 0.396 e. The van der Waals surface area contributed by atoms with E-state index in [2.05, 4.69) is 0 Å². The van der Waals surface area contributed by atoms with Gasteiger partial charge < -0.3 is 5.11 Å². The molecule has 13 heavy (non-hydrogen) atoms. The maximum Gasteiger partial charge on any atom is 0.263 e. The molecule has 0 heterocycles. The van der Waals surface area contributed by atoms with Crippen molar-refractivity contribution in [3.05, 3.63) is 35.1 Å². The van der Waals surface area contributed by atoms with Crippen molar-refractivity contribution in [2.24, 2.45) is 0 Å². The average Bonchev–Trinajstić information content (AvgIpc) is 2.08. The third-order valence-corrected chi connectivity index (χ3v) is 1.70. The number of aliphatic hydroxyl groups excluding tert-OH is 1. The minimum atomic E-state index is -2.60. The van der Waals surface area contributed by atoms with Gasteiger partial charge in [-0.3, -0.25) is 0 Å². The first kappa shape index (κ1) is 10.1. The van der Waals surface area contributed by atoms with Crippen molar-refractivity contribution in [2.45, 2.75) is 12.8 Å². The molecular formula is C9H9F3O. The van der Waals surface area contributed by atoms with Crippen molar-refractivity contribution in [1.29, 1.82) is 0 Å². The molecule has 0 aliphatic carbocycles. The van der Waals surface area contributed by atoms with Gasteiger partial charge in [0, 0.05) is 12.2 Å². The Hall–Kier alpha value is -1.03. The summed E-state index contributed by atoms with van der Waals surface area (Å²) in [6, 6.07) is 3.11. The van der Waals surface area contributed by atoms with Crippen LogP contribution in [-0.4, -0.2) is 11.7 Å². The van der Waals surface area contributed by atoms with Gasteiger partial charge in [0.15, 0.2) is 0 Å². The van der Waals surface area contributed by atoms with Crippen LogP contribution in [0, 0.1) is 5.82 Å². The number of benzene rings is 1. The molecule has 0 amide bonds. The molecule has 0 radical (unpaired) electrons. The molecule has 0 saturated heterocycles. The van der Waals surface area contributed by atoms with Crippen LogP contribution in [0.15, 0.2) is 18.2 Å². The summed E-state index contributed by atoms with van der Waals surface area (Å²) >= 11 is 0. The van der Waals surface area contributed by atoms with Crippen LogP contribution < -0.4 is 0 Å². The molecular weight excluding hydrogens is 181 g/mol. The number of rotatable bonds is 3. The van der Waals surface area contributed by atoms with Gasteiger partial charge in [-0.05, 0) is 24.1 Å². The Labute approximate surface area is 73.8 Å². The number of aliphatic hydroxyl groups is 1. The zero-order valence-electron chi connectivity index (χ0n) is 6.80. The van der Waals surface area contributed by atoms with Crippen LogP contribution in [-0.2, 0) is 6.42 Å². The summed E-state index contributed by atoms with van der Waals surface area (Å²) in [7, 11) is 0. The summed E-state index contributed by atoms with van der Waals surface area (Å²) in [6.07, 6.45) is -2.54. The van der Waals surface area contributed by atoms with Crippen molar-refractivity contribution in [3.8, 4) is 0 Å². The fourth-order valence-electron chi connectivity index (χ4n) is 1.04. The Morgan fingerprint density at radius 3 is 2.54 bits per heavy atom. The van der Waals surface area contributed by atoms with E-state index in [1.165, 1.54) is 0 Å². The Morgan fingerprint density at radius 1 is 1.31 bits per heavy atom. The predicted octanol–water partition coefficient (Wildman–Crippen LogP) is 2.30. The molecule has 72 valence electrons. The van der Waals surface area contributed by atoms with Gasteiger partial charge >= 0.3 is 0 Å². The molecule has 1 aromatic carbocycles. The summed E-state index contributed by atoms with van der Waals surface area (Å²) in [5.74, 6) is -0.557. The van der Waals surface area contributed by atoms with E-state index in [0.29, 0.717) is 0 Å². The number of halogens is 3. The highest BCUT2D eigenvalue weighted by atomic mass is 19.3. The van der Waals surface area contributed by atoms with Gasteiger partial charge in [-0.25, -0.2) is 13.2 Å². The number of hydrogen-bond donors (Lipinski definition) is 1. The third-order valence-electron chi connectivity index (χ3n) is 1.70. The standard InChI is InChI=1S/C9H9F3O/c10-8-2-1-7(9(11)12)5-6(8)3-4-13/h1-2,5,9,13H,3-4H2. The molecule has 0 aromatic heterocycles. The van der Waals surface area contributed by atoms with E-state index >= 15 is 0 Å². The summed E-state index contributed by atoms with van der Waals surface area (Å²) in [5, 5.41) is 8.52. The molecule has 1 N–H and O–H groups in total. The molecule has 0 bridgehead atoms. The van der Waals surface area contributed by atoms with Gasteiger partial charge in [0.2, 0.25) is 0 Å². The molecule has 0 aliphatic rings. The quantitative estimate of drug-likeness (QED) is 0.775. The monoisotopic (exact) mass is 190 g/mol. The fraction of sp³-hybridized carbons (Fsp3) is 0.333. The third kappa shape index (κ3) is 2.45. The zero-order chi connectivity index (χ0) is 9.84. The summed E-state index contributed by atoms with van der Waals surface area (Å²) in [6.45, 7) is -0.246. The molecule has 1 nitrogen and oxygen atoms in total. The first-order chi connectivity index (χ1) is 6.15. The van der Waals surface area contributed by atoms with Crippen molar-refractivity contribution in [3.63, 3.8) is 0 Å². The lowest BCUT2D eigenvalue weighted by molar-refractivity contribution is 0.151. The van der Waals surface area contributed by atoms with Crippen LogP contribution in [0.1, 0.15) is 17.6 Å². The van der Waals surface area contributed by atoms with E-state index in [0.717, 1.165) is 18.2 Å². The second kappa shape index (κ2) is 4.28. The van der Waals surface area contributed by atoms with E-state index in [-0.39, 0.29) is 24.2 Å². The van der Waals surface area contributed by atoms with Crippen LogP contribution in [0.4, 0.5) is 13.2 Å². The first-order valence-corrected chi connectivity index (χ1v) is 3.82. The van der Waals surface area contributed by atoms with Crippen LogP contribution in [0.3, 0.4) is 0 Å². The van der Waals surface area contributed by atoms with E-state index in [4.69, 9.17) is 5.11 Å². The minimum absolute atomic E-state index is 0.0619. The lowest BCUT2D eigenvalue weighted by atomic mass is 10.1. The number of alkyl halides is 2. The topological polar surface area (TPSA) is 20.2 Å². The van der Waals surface area contributed by atoms with Gasteiger partial charge in [0.25, 0.3) is 6.43 Å². The lowest BCUT2D eigenvalue weighted by Crippen LogP contribution is -1.97. The van der Waals surface area contributed by atoms with Crippen molar-refractivity contribution in [2.75, 3.05) is 6.61 Å². The highest BCUT2D eigenvalue weighted by Crippen LogP contribution is 2.21. The van der Waals surface area contributed by atoms with Gasteiger partial charge in [0.05, 0.1) is 0 Å².